The van der Waals surface area contributed by atoms with E-state index in [1.165, 1.54) is 0 Å². The Morgan fingerprint density at radius 2 is 1.81 bits per heavy atom. The molecule has 0 radical (unpaired) electrons. The summed E-state index contributed by atoms with van der Waals surface area (Å²) in [6.45, 7) is 6.54. The van der Waals surface area contributed by atoms with Crippen molar-refractivity contribution in [3.05, 3.63) is 95.4 Å². The molecule has 36 heavy (non-hydrogen) atoms. The summed E-state index contributed by atoms with van der Waals surface area (Å²) in [5.74, 6) is 0.313. The number of nitrogens with one attached hydrogen (secondary N) is 2. The molecule has 4 rings (SSSR count). The maximum atomic E-state index is 13.1. The second-order valence-corrected chi connectivity index (χ2v) is 9.29. The third kappa shape index (κ3) is 5.60. The van der Waals surface area contributed by atoms with E-state index in [0.29, 0.717) is 34.9 Å². The van der Waals surface area contributed by atoms with Gasteiger partial charge in [0, 0.05) is 41.8 Å². The lowest BCUT2D eigenvalue weighted by Gasteiger charge is -2.23. The molecule has 0 fully saturated rings. The number of hydrogen-bond acceptors (Lipinski definition) is 6. The molecule has 0 saturated carbocycles. The van der Waals surface area contributed by atoms with E-state index in [4.69, 9.17) is 9.26 Å². The first-order chi connectivity index (χ1) is 17.3. The number of pyridine rings is 1. The van der Waals surface area contributed by atoms with E-state index in [-0.39, 0.29) is 22.9 Å². The molecule has 8 nitrogen and oxygen atoms in total. The molecule has 0 unspecified atom stereocenters. The third-order valence-corrected chi connectivity index (χ3v) is 5.60. The Morgan fingerprint density at radius 1 is 1.00 bits per heavy atom. The maximum Gasteiger partial charge on any atom is 0.273 e. The monoisotopic (exact) mass is 484 g/mol. The van der Waals surface area contributed by atoms with E-state index >= 15 is 0 Å². The molecule has 0 spiro atoms. The Morgan fingerprint density at radius 3 is 2.53 bits per heavy atom. The number of anilines is 1. The molecule has 0 aliphatic heterocycles. The zero-order chi connectivity index (χ0) is 25.7. The first kappa shape index (κ1) is 24.7. The normalized spacial score (nSPS) is 11.1. The number of carbonyl (C=O) groups excluding carboxylic acids is 2. The summed E-state index contributed by atoms with van der Waals surface area (Å²) in [5, 5.41) is 9.61. The molecule has 2 aromatic carbocycles. The Bertz CT molecular complexity index is 1370. The van der Waals surface area contributed by atoms with Gasteiger partial charge in [-0.1, -0.05) is 56.3 Å². The number of ether oxygens (including phenoxy) is 1. The van der Waals surface area contributed by atoms with Crippen molar-refractivity contribution in [1.82, 2.24) is 15.5 Å². The number of methoxy groups -OCH3 is 1. The fourth-order valence-corrected chi connectivity index (χ4v) is 3.77. The predicted molar refractivity (Wildman–Crippen MR) is 137 cm³/mol. The highest BCUT2D eigenvalue weighted by atomic mass is 16.5. The standard InChI is InChI=1S/C28H28N4O4/c1-28(2,3)22-12-6-11-21(25(22)35-4)26(33)31-20-10-5-9-19(14-20)24-15-23(32-36-24)27(34)30-17-18-8-7-13-29-16-18/h5-16H,17H2,1-4H3,(H,30,34)(H,31,33). The minimum atomic E-state index is -0.357. The minimum absolute atomic E-state index is 0.159. The van der Waals surface area contributed by atoms with Gasteiger partial charge in [0.05, 0.1) is 12.7 Å². The van der Waals surface area contributed by atoms with Crippen LogP contribution in [0.25, 0.3) is 11.3 Å². The molecule has 0 aliphatic rings. The van der Waals surface area contributed by atoms with Gasteiger partial charge in [0.25, 0.3) is 11.8 Å². The number of aromatic nitrogens is 2. The van der Waals surface area contributed by atoms with Crippen LogP contribution in [0.15, 0.2) is 77.6 Å². The van der Waals surface area contributed by atoms with Gasteiger partial charge >= 0.3 is 0 Å². The summed E-state index contributed by atoms with van der Waals surface area (Å²) in [5.41, 5.74) is 3.48. The van der Waals surface area contributed by atoms with Crippen molar-refractivity contribution < 1.29 is 18.8 Å². The summed E-state index contributed by atoms with van der Waals surface area (Å²) in [6.07, 6.45) is 3.36. The molecule has 0 bridgehead atoms. The van der Waals surface area contributed by atoms with Crippen LogP contribution >= 0.6 is 0 Å². The first-order valence-corrected chi connectivity index (χ1v) is 11.5. The lowest BCUT2D eigenvalue weighted by molar-refractivity contribution is 0.0941. The van der Waals surface area contributed by atoms with Crippen LogP contribution in [0.5, 0.6) is 5.75 Å². The van der Waals surface area contributed by atoms with Gasteiger partial charge in [0.2, 0.25) is 0 Å². The fraction of sp³-hybridized carbons (Fsp3) is 0.214. The average molecular weight is 485 g/mol. The van der Waals surface area contributed by atoms with Crippen LogP contribution < -0.4 is 15.4 Å². The van der Waals surface area contributed by atoms with Crippen LogP contribution in [0.2, 0.25) is 0 Å². The van der Waals surface area contributed by atoms with E-state index < -0.39 is 0 Å². The maximum absolute atomic E-state index is 13.1. The van der Waals surface area contributed by atoms with Crippen LogP contribution in [-0.2, 0) is 12.0 Å². The van der Waals surface area contributed by atoms with Crippen molar-refractivity contribution in [3.63, 3.8) is 0 Å². The average Bonchev–Trinajstić information content (AvgIpc) is 3.37. The van der Waals surface area contributed by atoms with Crippen LogP contribution in [0.3, 0.4) is 0 Å². The topological polar surface area (TPSA) is 106 Å². The molecule has 8 heteroatoms. The quantitative estimate of drug-likeness (QED) is 0.372. The molecule has 0 aliphatic carbocycles. The SMILES string of the molecule is COc1c(C(=O)Nc2cccc(-c3cc(C(=O)NCc4cccnc4)no3)c2)cccc1C(C)(C)C. The van der Waals surface area contributed by atoms with E-state index in [0.717, 1.165) is 11.1 Å². The molecule has 0 atom stereocenters. The highest BCUT2D eigenvalue weighted by Gasteiger charge is 2.23. The Kier molecular flexibility index (Phi) is 7.15. The van der Waals surface area contributed by atoms with Crippen LogP contribution in [-0.4, -0.2) is 29.1 Å². The Hall–Kier alpha value is -4.46. The summed E-state index contributed by atoms with van der Waals surface area (Å²) in [4.78, 5) is 29.6. The first-order valence-electron chi connectivity index (χ1n) is 11.5. The number of rotatable bonds is 7. The molecule has 2 amide bonds. The van der Waals surface area contributed by atoms with Gasteiger partial charge in [-0.15, -0.1) is 0 Å². The van der Waals surface area contributed by atoms with Crippen molar-refractivity contribution in [1.29, 1.82) is 0 Å². The van der Waals surface area contributed by atoms with Gasteiger partial charge in [0.15, 0.2) is 11.5 Å². The molecular weight excluding hydrogens is 456 g/mol. The van der Waals surface area contributed by atoms with Gasteiger partial charge < -0.3 is 19.9 Å². The molecule has 184 valence electrons. The Balaban J connectivity index is 1.49. The highest BCUT2D eigenvalue weighted by Crippen LogP contribution is 2.34. The molecule has 2 aromatic heterocycles. The second kappa shape index (κ2) is 10.4. The van der Waals surface area contributed by atoms with E-state index in [1.807, 2.05) is 24.3 Å². The molecule has 0 saturated heterocycles. The van der Waals surface area contributed by atoms with E-state index in [2.05, 4.69) is 41.5 Å². The summed E-state index contributed by atoms with van der Waals surface area (Å²) in [7, 11) is 1.57. The molecule has 2 heterocycles. The van der Waals surface area contributed by atoms with Gasteiger partial charge in [-0.25, -0.2) is 0 Å². The fourth-order valence-electron chi connectivity index (χ4n) is 3.77. The lowest BCUT2D eigenvalue weighted by atomic mass is 9.85. The summed E-state index contributed by atoms with van der Waals surface area (Å²) in [6, 6.07) is 17.9. The van der Waals surface area contributed by atoms with Crippen LogP contribution in [0.4, 0.5) is 5.69 Å². The smallest absolute Gasteiger partial charge is 0.273 e. The van der Waals surface area contributed by atoms with Crippen molar-refractivity contribution >= 4 is 17.5 Å². The minimum Gasteiger partial charge on any atom is -0.496 e. The number of benzene rings is 2. The van der Waals surface area contributed by atoms with Crippen molar-refractivity contribution in [2.45, 2.75) is 32.7 Å². The van der Waals surface area contributed by atoms with Gasteiger partial charge in [-0.05, 0) is 35.2 Å². The number of hydrogen-bond donors (Lipinski definition) is 2. The predicted octanol–water partition coefficient (Wildman–Crippen LogP) is 5.23. The van der Waals surface area contributed by atoms with Gasteiger partial charge in [-0.3, -0.25) is 14.6 Å². The van der Waals surface area contributed by atoms with Crippen molar-refractivity contribution in [2.24, 2.45) is 0 Å². The second-order valence-electron chi connectivity index (χ2n) is 9.29. The number of nitrogens with zero attached hydrogens (tertiary/aromatic N) is 2. The zero-order valence-electron chi connectivity index (χ0n) is 20.7. The Labute approximate surface area is 209 Å². The molecular formula is C28H28N4O4. The zero-order valence-corrected chi connectivity index (χ0v) is 20.7. The van der Waals surface area contributed by atoms with Crippen molar-refractivity contribution in [2.75, 3.05) is 12.4 Å². The number of amides is 2. The molecule has 2 N–H and O–H groups in total. The number of carbonyl (C=O) groups is 2. The van der Waals surface area contributed by atoms with E-state index in [1.54, 1.807) is 55.9 Å². The van der Waals surface area contributed by atoms with Crippen LogP contribution in [0, 0.1) is 0 Å². The lowest BCUT2D eigenvalue weighted by Crippen LogP contribution is -2.23. The van der Waals surface area contributed by atoms with Gasteiger partial charge in [0.1, 0.15) is 5.75 Å². The van der Waals surface area contributed by atoms with Gasteiger partial charge in [-0.2, -0.15) is 0 Å². The van der Waals surface area contributed by atoms with Crippen LogP contribution in [0.1, 0.15) is 52.7 Å². The summed E-state index contributed by atoms with van der Waals surface area (Å²) >= 11 is 0. The summed E-state index contributed by atoms with van der Waals surface area (Å²) < 4.78 is 11.0. The number of para-hydroxylation sites is 1. The van der Waals surface area contributed by atoms with E-state index in [9.17, 15) is 9.59 Å². The van der Waals surface area contributed by atoms with Crippen molar-refractivity contribution in [3.8, 4) is 17.1 Å². The third-order valence-electron chi connectivity index (χ3n) is 5.60. The molecule has 4 aromatic rings. The highest BCUT2D eigenvalue weighted by molar-refractivity contribution is 6.06. The largest absolute Gasteiger partial charge is 0.496 e.